The Morgan fingerprint density at radius 3 is 2.71 bits per heavy atom. The molecule has 0 aliphatic carbocycles. The van der Waals surface area contributed by atoms with E-state index < -0.39 is 0 Å². The van der Waals surface area contributed by atoms with Gasteiger partial charge in [-0.25, -0.2) is 0 Å². The topological polar surface area (TPSA) is 57.4 Å². The molecule has 0 unspecified atom stereocenters. The fraction of sp³-hybridized carbons (Fsp3) is 0.348. The molecule has 1 amide bonds. The van der Waals surface area contributed by atoms with Crippen molar-refractivity contribution in [3.8, 4) is 5.75 Å². The van der Waals surface area contributed by atoms with E-state index in [9.17, 15) is 4.79 Å². The van der Waals surface area contributed by atoms with E-state index in [4.69, 9.17) is 4.74 Å². The number of nitrogens with zero attached hydrogens (tertiary/aromatic N) is 1. The number of rotatable bonds is 6. The van der Waals surface area contributed by atoms with E-state index in [1.165, 1.54) is 16.5 Å². The number of para-hydroxylation sites is 2. The van der Waals surface area contributed by atoms with Crippen LogP contribution in [0.2, 0.25) is 0 Å². The van der Waals surface area contributed by atoms with Crippen LogP contribution in [0.5, 0.6) is 5.75 Å². The van der Waals surface area contributed by atoms with Crippen molar-refractivity contribution < 1.29 is 9.53 Å². The summed E-state index contributed by atoms with van der Waals surface area (Å²) in [5.41, 5.74) is 3.18. The molecule has 0 radical (unpaired) electrons. The standard InChI is InChI=1S/C23H27N3O2/c1-28-22-9-5-3-7-20(22)23(27)25-18-11-14-26(15-12-18)13-10-17-16-24-21-8-4-2-6-19(17)21/h2-9,16,18,24H,10-15H2,1H3,(H,25,27). The van der Waals surface area contributed by atoms with Crippen LogP contribution in [0.4, 0.5) is 0 Å². The van der Waals surface area contributed by atoms with Gasteiger partial charge in [-0.2, -0.15) is 0 Å². The molecule has 3 aromatic rings. The minimum absolute atomic E-state index is 0.0466. The van der Waals surface area contributed by atoms with E-state index in [0.717, 1.165) is 38.9 Å². The van der Waals surface area contributed by atoms with Crippen molar-refractivity contribution in [2.24, 2.45) is 0 Å². The fourth-order valence-electron chi connectivity index (χ4n) is 4.01. The highest BCUT2D eigenvalue weighted by atomic mass is 16.5. The number of H-pyrrole nitrogens is 1. The summed E-state index contributed by atoms with van der Waals surface area (Å²) in [6.45, 7) is 3.08. The summed E-state index contributed by atoms with van der Waals surface area (Å²) in [5, 5.41) is 4.49. The van der Waals surface area contributed by atoms with Gasteiger partial charge in [0, 0.05) is 42.8 Å². The highest BCUT2D eigenvalue weighted by molar-refractivity contribution is 5.97. The second kappa shape index (κ2) is 8.48. The molecule has 1 aliphatic rings. The maximum Gasteiger partial charge on any atom is 0.255 e. The maximum atomic E-state index is 12.6. The Labute approximate surface area is 165 Å². The minimum atomic E-state index is -0.0466. The number of likely N-dealkylation sites (tertiary alicyclic amines) is 1. The maximum absolute atomic E-state index is 12.6. The number of carbonyl (C=O) groups excluding carboxylic acids is 1. The minimum Gasteiger partial charge on any atom is -0.496 e. The molecule has 2 N–H and O–H groups in total. The first kappa shape index (κ1) is 18.6. The van der Waals surface area contributed by atoms with E-state index in [1.54, 1.807) is 7.11 Å². The van der Waals surface area contributed by atoms with Crippen molar-refractivity contribution >= 4 is 16.8 Å². The molecule has 0 bridgehead atoms. The van der Waals surface area contributed by atoms with Crippen LogP contribution in [0.1, 0.15) is 28.8 Å². The molecule has 0 atom stereocenters. The zero-order valence-corrected chi connectivity index (χ0v) is 16.3. The third-order valence-corrected chi connectivity index (χ3v) is 5.65. The average molecular weight is 377 g/mol. The number of piperidine rings is 1. The number of carbonyl (C=O) groups is 1. The van der Waals surface area contributed by atoms with Crippen LogP contribution in [0, 0.1) is 0 Å². The number of aromatic amines is 1. The number of hydrogen-bond acceptors (Lipinski definition) is 3. The lowest BCUT2D eigenvalue weighted by molar-refractivity contribution is 0.0908. The zero-order valence-electron chi connectivity index (χ0n) is 16.3. The highest BCUT2D eigenvalue weighted by Gasteiger charge is 2.22. The first-order valence-electron chi connectivity index (χ1n) is 9.96. The molecule has 0 saturated carbocycles. The van der Waals surface area contributed by atoms with Crippen LogP contribution in [0.15, 0.2) is 54.7 Å². The van der Waals surface area contributed by atoms with Crippen molar-refractivity contribution in [3.05, 3.63) is 65.9 Å². The lowest BCUT2D eigenvalue weighted by atomic mass is 10.0. The lowest BCUT2D eigenvalue weighted by Gasteiger charge is -2.32. The molecule has 28 heavy (non-hydrogen) atoms. The monoisotopic (exact) mass is 377 g/mol. The Morgan fingerprint density at radius 1 is 1.14 bits per heavy atom. The Balaban J connectivity index is 1.27. The van der Waals surface area contributed by atoms with Crippen LogP contribution < -0.4 is 10.1 Å². The predicted octanol–water partition coefficient (Wildman–Crippen LogP) is 3.61. The van der Waals surface area contributed by atoms with Gasteiger partial charge < -0.3 is 19.9 Å². The second-order valence-corrected chi connectivity index (χ2v) is 7.40. The average Bonchev–Trinajstić information content (AvgIpc) is 3.16. The van der Waals surface area contributed by atoms with Crippen LogP contribution >= 0.6 is 0 Å². The Kier molecular flexibility index (Phi) is 5.63. The van der Waals surface area contributed by atoms with Gasteiger partial charge >= 0.3 is 0 Å². The van der Waals surface area contributed by atoms with Gasteiger partial charge in [0.2, 0.25) is 0 Å². The van der Waals surface area contributed by atoms with Gasteiger partial charge in [-0.05, 0) is 43.0 Å². The van der Waals surface area contributed by atoms with Crippen molar-refractivity contribution in [3.63, 3.8) is 0 Å². The largest absolute Gasteiger partial charge is 0.496 e. The van der Waals surface area contributed by atoms with Gasteiger partial charge in [-0.15, -0.1) is 0 Å². The summed E-state index contributed by atoms with van der Waals surface area (Å²) in [6.07, 6.45) is 5.14. The first-order valence-corrected chi connectivity index (χ1v) is 9.96. The summed E-state index contributed by atoms with van der Waals surface area (Å²) in [4.78, 5) is 18.4. The molecule has 1 saturated heterocycles. The van der Waals surface area contributed by atoms with Crippen molar-refractivity contribution in [1.29, 1.82) is 0 Å². The molecule has 5 nitrogen and oxygen atoms in total. The van der Waals surface area contributed by atoms with Crippen molar-refractivity contribution in [2.45, 2.75) is 25.3 Å². The fourth-order valence-corrected chi connectivity index (χ4v) is 4.01. The van der Waals surface area contributed by atoms with Crippen LogP contribution in [-0.4, -0.2) is 48.6 Å². The smallest absolute Gasteiger partial charge is 0.255 e. The van der Waals surface area contributed by atoms with Crippen molar-refractivity contribution in [1.82, 2.24) is 15.2 Å². The SMILES string of the molecule is COc1ccccc1C(=O)NC1CCN(CCc2c[nH]c3ccccc23)CC1. The lowest BCUT2D eigenvalue weighted by Crippen LogP contribution is -2.45. The number of fused-ring (bicyclic) bond motifs is 1. The van der Waals surface area contributed by atoms with Gasteiger partial charge in [0.1, 0.15) is 5.75 Å². The van der Waals surface area contributed by atoms with E-state index >= 15 is 0 Å². The van der Waals surface area contributed by atoms with Crippen LogP contribution in [0.25, 0.3) is 10.9 Å². The quantitative estimate of drug-likeness (QED) is 0.690. The van der Waals surface area contributed by atoms with Crippen LogP contribution in [0.3, 0.4) is 0 Å². The number of hydrogen-bond donors (Lipinski definition) is 2. The normalized spacial score (nSPS) is 15.6. The summed E-state index contributed by atoms with van der Waals surface area (Å²) in [5.74, 6) is 0.575. The van der Waals surface area contributed by atoms with E-state index in [0.29, 0.717) is 11.3 Å². The molecule has 1 aliphatic heterocycles. The van der Waals surface area contributed by atoms with Crippen LogP contribution in [-0.2, 0) is 6.42 Å². The molecule has 0 spiro atoms. The number of nitrogens with one attached hydrogen (secondary N) is 2. The second-order valence-electron chi connectivity index (χ2n) is 7.40. The molecular formula is C23H27N3O2. The van der Waals surface area contributed by atoms with Gasteiger partial charge in [-0.3, -0.25) is 4.79 Å². The molecule has 146 valence electrons. The Morgan fingerprint density at radius 2 is 1.89 bits per heavy atom. The zero-order chi connectivity index (χ0) is 19.3. The van der Waals surface area contributed by atoms with Gasteiger partial charge in [0.25, 0.3) is 5.91 Å². The summed E-state index contributed by atoms with van der Waals surface area (Å²) in [7, 11) is 1.60. The van der Waals surface area contributed by atoms with E-state index in [2.05, 4.69) is 45.7 Å². The van der Waals surface area contributed by atoms with Gasteiger partial charge in [-0.1, -0.05) is 30.3 Å². The summed E-state index contributed by atoms with van der Waals surface area (Å²) < 4.78 is 5.30. The molecule has 1 fully saturated rings. The third-order valence-electron chi connectivity index (χ3n) is 5.65. The molecule has 5 heteroatoms. The van der Waals surface area contributed by atoms with Gasteiger partial charge in [0.15, 0.2) is 0 Å². The molecule has 2 aromatic carbocycles. The molecule has 2 heterocycles. The number of benzene rings is 2. The predicted molar refractivity (Wildman–Crippen MR) is 112 cm³/mol. The summed E-state index contributed by atoms with van der Waals surface area (Å²) in [6, 6.07) is 16.1. The third kappa shape index (κ3) is 4.04. The Hall–Kier alpha value is -2.79. The molecule has 1 aromatic heterocycles. The number of methoxy groups -OCH3 is 1. The summed E-state index contributed by atoms with van der Waals surface area (Å²) >= 11 is 0. The molecule has 4 rings (SSSR count). The van der Waals surface area contributed by atoms with E-state index in [-0.39, 0.29) is 11.9 Å². The van der Waals surface area contributed by atoms with E-state index in [1.807, 2.05) is 24.3 Å². The number of ether oxygens (including phenoxy) is 1. The molecular weight excluding hydrogens is 350 g/mol. The van der Waals surface area contributed by atoms with Gasteiger partial charge in [0.05, 0.1) is 12.7 Å². The number of amides is 1. The van der Waals surface area contributed by atoms with Crippen molar-refractivity contribution in [2.75, 3.05) is 26.7 Å². The highest BCUT2D eigenvalue weighted by Crippen LogP contribution is 2.20. The number of aromatic nitrogens is 1. The first-order chi connectivity index (χ1) is 13.7. The Bertz CT molecular complexity index is 942.